The minimum absolute atomic E-state index is 0.000298. The molecule has 42 heavy (non-hydrogen) atoms. The van der Waals surface area contributed by atoms with Crippen molar-refractivity contribution in [3.05, 3.63) is 87.5 Å². The lowest BCUT2D eigenvalue weighted by atomic mass is 9.72. The monoisotopic (exact) mass is 575 g/mol. The van der Waals surface area contributed by atoms with E-state index in [0.29, 0.717) is 28.4 Å². The molecule has 3 aromatic carbocycles. The molecule has 0 bridgehead atoms. The van der Waals surface area contributed by atoms with Crippen molar-refractivity contribution in [1.29, 1.82) is 0 Å². The highest BCUT2D eigenvalue weighted by molar-refractivity contribution is 5.92. The third kappa shape index (κ3) is 7.84. The van der Waals surface area contributed by atoms with E-state index in [1.54, 1.807) is 48.5 Å². The van der Waals surface area contributed by atoms with E-state index in [2.05, 4.69) is 31.3 Å². The van der Waals surface area contributed by atoms with Crippen LogP contribution in [0.25, 0.3) is 0 Å². The van der Waals surface area contributed by atoms with Crippen LogP contribution in [0.1, 0.15) is 62.5 Å². The van der Waals surface area contributed by atoms with Gasteiger partial charge in [-0.2, -0.15) is 5.10 Å². The number of nitrogens with zero attached hydrogens (tertiary/aromatic N) is 2. The fraction of sp³-hybridized carbons (Fsp3) is 0.323. The number of hydrazone groups is 1. The molecular weight excluding hydrogens is 542 g/mol. The van der Waals surface area contributed by atoms with Crippen LogP contribution in [0, 0.1) is 15.5 Å². The first kappa shape index (κ1) is 30.0. The maximum Gasteiger partial charge on any atom is 0.343 e. The van der Waals surface area contributed by atoms with Crippen LogP contribution >= 0.6 is 0 Å². The highest BCUT2D eigenvalue weighted by atomic mass is 16.7. The molecule has 4 rings (SSSR count). The fourth-order valence-corrected chi connectivity index (χ4v) is 4.80. The third-order valence-corrected chi connectivity index (χ3v) is 6.37. The summed E-state index contributed by atoms with van der Waals surface area (Å²) in [7, 11) is 0. The maximum absolute atomic E-state index is 12.4. The molecule has 1 aliphatic heterocycles. The number of nitrogens with one attached hydrogen (secondary N) is 1. The Morgan fingerprint density at radius 1 is 1.00 bits per heavy atom. The lowest BCUT2D eigenvalue weighted by Gasteiger charge is -2.33. The minimum Gasteiger partial charge on any atom is -0.477 e. The van der Waals surface area contributed by atoms with E-state index in [4.69, 9.17) is 18.9 Å². The number of nitro groups is 1. The first-order valence-corrected chi connectivity index (χ1v) is 13.3. The number of carbonyl (C=O) groups is 2. The molecule has 0 radical (unpaired) electrons. The predicted octanol–water partition coefficient (Wildman–Crippen LogP) is 5.79. The van der Waals surface area contributed by atoms with E-state index in [9.17, 15) is 19.7 Å². The van der Waals surface area contributed by atoms with Crippen LogP contribution < -0.4 is 24.4 Å². The van der Waals surface area contributed by atoms with E-state index < -0.39 is 23.4 Å². The first-order chi connectivity index (χ1) is 19.8. The summed E-state index contributed by atoms with van der Waals surface area (Å²) in [4.78, 5) is 35.9. The Labute approximate surface area is 243 Å². The molecule has 0 unspecified atom stereocenters. The van der Waals surface area contributed by atoms with Crippen molar-refractivity contribution in [2.75, 3.05) is 13.4 Å². The molecule has 11 nitrogen and oxygen atoms in total. The van der Waals surface area contributed by atoms with Gasteiger partial charge in [0, 0.05) is 6.07 Å². The highest BCUT2D eigenvalue weighted by Crippen LogP contribution is 2.39. The first-order valence-electron chi connectivity index (χ1n) is 13.3. The SMILES string of the molecule is CC(C)(C)CC(C)(C)c1ccc(OCC(=O)NN=Cc2ccc(OC(=O)c3ccc4c(c3)OCO4)cc2)c([N+](=O)[O-])c1. The molecular formula is C31H33N3O8. The van der Waals surface area contributed by atoms with Gasteiger partial charge in [0.15, 0.2) is 23.9 Å². The summed E-state index contributed by atoms with van der Waals surface area (Å²) >= 11 is 0. The largest absolute Gasteiger partial charge is 0.477 e. The number of hydrogen-bond acceptors (Lipinski definition) is 9. The molecule has 0 aliphatic carbocycles. The number of amides is 1. The fourth-order valence-electron chi connectivity index (χ4n) is 4.80. The Morgan fingerprint density at radius 2 is 1.71 bits per heavy atom. The maximum atomic E-state index is 12.4. The van der Waals surface area contributed by atoms with Crippen LogP contribution in [0.15, 0.2) is 65.8 Å². The zero-order chi connectivity index (χ0) is 30.5. The predicted molar refractivity (Wildman–Crippen MR) is 155 cm³/mol. The van der Waals surface area contributed by atoms with Crippen molar-refractivity contribution in [2.45, 2.75) is 46.5 Å². The van der Waals surface area contributed by atoms with Crippen molar-refractivity contribution in [1.82, 2.24) is 5.43 Å². The van der Waals surface area contributed by atoms with Crippen LogP contribution in [0.5, 0.6) is 23.0 Å². The molecule has 3 aromatic rings. The van der Waals surface area contributed by atoms with Crippen LogP contribution in [0.3, 0.4) is 0 Å². The molecule has 1 aliphatic rings. The van der Waals surface area contributed by atoms with Gasteiger partial charge in [0.1, 0.15) is 5.75 Å². The standard InChI is InChI=1S/C31H33N3O8/c1-30(2,3)18-31(4,5)22-9-13-25(24(15-22)34(37)38)39-17-28(35)33-32-16-20-6-10-23(11-7-20)42-29(36)21-8-12-26-27(14-21)41-19-40-26/h6-16H,17-19H2,1-5H3,(H,33,35). The third-order valence-electron chi connectivity index (χ3n) is 6.37. The van der Waals surface area contributed by atoms with Gasteiger partial charge in [-0.05, 0) is 76.9 Å². The van der Waals surface area contributed by atoms with Crippen molar-refractivity contribution in [2.24, 2.45) is 10.5 Å². The molecule has 0 spiro atoms. The summed E-state index contributed by atoms with van der Waals surface area (Å²) in [5.74, 6) is 0.231. The second-order valence-electron chi connectivity index (χ2n) is 11.7. The van der Waals surface area contributed by atoms with E-state index >= 15 is 0 Å². The Balaban J connectivity index is 1.29. The Hall–Kier alpha value is -4.93. The quantitative estimate of drug-likeness (QED) is 0.105. The molecule has 1 N–H and O–H groups in total. The second-order valence-corrected chi connectivity index (χ2v) is 11.7. The van der Waals surface area contributed by atoms with Crippen LogP contribution in [-0.4, -0.2) is 36.4 Å². The molecule has 1 heterocycles. The van der Waals surface area contributed by atoms with Gasteiger partial charge in [0.25, 0.3) is 5.91 Å². The van der Waals surface area contributed by atoms with Gasteiger partial charge in [0.05, 0.1) is 16.7 Å². The van der Waals surface area contributed by atoms with Gasteiger partial charge in [-0.25, -0.2) is 10.2 Å². The van der Waals surface area contributed by atoms with Crippen molar-refractivity contribution in [3.63, 3.8) is 0 Å². The summed E-state index contributed by atoms with van der Waals surface area (Å²) in [5, 5.41) is 15.6. The molecule has 11 heteroatoms. The summed E-state index contributed by atoms with van der Waals surface area (Å²) in [6, 6.07) is 16.1. The lowest BCUT2D eigenvalue weighted by molar-refractivity contribution is -0.385. The van der Waals surface area contributed by atoms with Crippen LogP contribution in [0.2, 0.25) is 0 Å². The van der Waals surface area contributed by atoms with Gasteiger partial charge in [0.2, 0.25) is 6.79 Å². The number of fused-ring (bicyclic) bond motifs is 1. The number of benzene rings is 3. The average Bonchev–Trinajstić information content (AvgIpc) is 3.39. The van der Waals surface area contributed by atoms with Gasteiger partial charge < -0.3 is 18.9 Å². The topological polar surface area (TPSA) is 139 Å². The summed E-state index contributed by atoms with van der Waals surface area (Å²) < 4.78 is 21.4. The summed E-state index contributed by atoms with van der Waals surface area (Å²) in [5.41, 5.74) is 3.64. The van der Waals surface area contributed by atoms with Crippen LogP contribution in [-0.2, 0) is 10.2 Å². The summed E-state index contributed by atoms with van der Waals surface area (Å²) in [6.45, 7) is 10.1. The van der Waals surface area contributed by atoms with Gasteiger partial charge in [-0.15, -0.1) is 0 Å². The van der Waals surface area contributed by atoms with Crippen molar-refractivity contribution >= 4 is 23.8 Å². The Kier molecular flexibility index (Phi) is 8.79. The molecule has 0 saturated heterocycles. The van der Waals surface area contributed by atoms with E-state index in [0.717, 1.165) is 12.0 Å². The smallest absolute Gasteiger partial charge is 0.343 e. The van der Waals surface area contributed by atoms with Crippen molar-refractivity contribution in [3.8, 4) is 23.0 Å². The number of ether oxygens (including phenoxy) is 4. The molecule has 0 aromatic heterocycles. The summed E-state index contributed by atoms with van der Waals surface area (Å²) in [6.07, 6.45) is 2.22. The number of carbonyl (C=O) groups excluding carboxylic acids is 2. The number of esters is 1. The minimum atomic E-state index is -0.591. The van der Waals surface area contributed by atoms with Gasteiger partial charge >= 0.3 is 11.7 Å². The number of hydrogen-bond donors (Lipinski definition) is 1. The Morgan fingerprint density at radius 3 is 2.40 bits per heavy atom. The molecule has 220 valence electrons. The molecule has 0 saturated carbocycles. The van der Waals surface area contributed by atoms with E-state index in [1.165, 1.54) is 18.3 Å². The normalized spacial score (nSPS) is 12.7. The van der Waals surface area contributed by atoms with Gasteiger partial charge in [-0.3, -0.25) is 14.9 Å². The zero-order valence-corrected chi connectivity index (χ0v) is 24.1. The zero-order valence-electron chi connectivity index (χ0n) is 24.1. The average molecular weight is 576 g/mol. The Bertz CT molecular complexity index is 1510. The number of nitro benzene ring substituents is 1. The van der Waals surface area contributed by atoms with Gasteiger partial charge in [-0.1, -0.05) is 40.7 Å². The van der Waals surface area contributed by atoms with Crippen LogP contribution in [0.4, 0.5) is 5.69 Å². The second kappa shape index (κ2) is 12.3. The van der Waals surface area contributed by atoms with Crippen molar-refractivity contribution < 1.29 is 33.5 Å². The highest BCUT2D eigenvalue weighted by Gasteiger charge is 2.30. The molecule has 1 amide bonds. The molecule has 0 atom stereocenters. The van der Waals surface area contributed by atoms with E-state index in [1.807, 2.05) is 13.8 Å². The lowest BCUT2D eigenvalue weighted by Crippen LogP contribution is -2.26. The number of rotatable bonds is 10. The molecule has 0 fully saturated rings. The van der Waals surface area contributed by atoms with E-state index in [-0.39, 0.29) is 29.1 Å².